The van der Waals surface area contributed by atoms with Crippen LogP contribution >= 0.6 is 0 Å². The summed E-state index contributed by atoms with van der Waals surface area (Å²) >= 11 is 0. The first kappa shape index (κ1) is 15.0. The second-order valence-corrected chi connectivity index (χ2v) is 4.32. The van der Waals surface area contributed by atoms with E-state index in [1.807, 2.05) is 0 Å². The van der Waals surface area contributed by atoms with Crippen LogP contribution in [0.3, 0.4) is 0 Å². The van der Waals surface area contributed by atoms with Crippen molar-refractivity contribution in [3.05, 3.63) is 67.9 Å². The minimum Gasteiger partial charge on any atom is -0.307 e. The van der Waals surface area contributed by atoms with Gasteiger partial charge in [-0.3, -0.25) is 25.0 Å². The molecule has 9 heteroatoms. The monoisotopic (exact) mass is 302 g/mol. The topological polar surface area (TPSA) is 128 Å². The van der Waals surface area contributed by atoms with Gasteiger partial charge in [-0.2, -0.15) is 0 Å². The van der Waals surface area contributed by atoms with Crippen molar-refractivity contribution in [2.75, 3.05) is 5.32 Å². The molecule has 22 heavy (non-hydrogen) atoms. The summed E-state index contributed by atoms with van der Waals surface area (Å²) in [6.45, 7) is 1.26. The van der Waals surface area contributed by atoms with Gasteiger partial charge in [0.15, 0.2) is 0 Å². The van der Waals surface area contributed by atoms with Gasteiger partial charge in [0, 0.05) is 18.3 Å². The van der Waals surface area contributed by atoms with Crippen LogP contribution in [0.4, 0.5) is 17.2 Å². The number of carbonyl (C=O) groups is 1. The van der Waals surface area contributed by atoms with E-state index >= 15 is 0 Å². The Morgan fingerprint density at radius 3 is 2.18 bits per heavy atom. The number of carbonyl (C=O) groups excluding carboxylic acids is 1. The number of nitro groups is 2. The number of nitrogens with one attached hydrogen (secondary N) is 1. The third-order valence-electron chi connectivity index (χ3n) is 2.91. The molecule has 1 amide bonds. The van der Waals surface area contributed by atoms with Gasteiger partial charge in [0.25, 0.3) is 17.3 Å². The molecule has 0 radical (unpaired) electrons. The van der Waals surface area contributed by atoms with Crippen LogP contribution in [0.15, 0.2) is 36.5 Å². The van der Waals surface area contributed by atoms with Gasteiger partial charge in [0.05, 0.1) is 15.4 Å². The van der Waals surface area contributed by atoms with Gasteiger partial charge >= 0.3 is 0 Å². The zero-order valence-electron chi connectivity index (χ0n) is 11.3. The molecule has 1 aromatic carbocycles. The summed E-state index contributed by atoms with van der Waals surface area (Å²) in [4.78, 5) is 36.4. The van der Waals surface area contributed by atoms with Crippen LogP contribution in [0, 0.1) is 27.2 Å². The van der Waals surface area contributed by atoms with Crippen molar-refractivity contribution >= 4 is 23.1 Å². The third-order valence-corrected chi connectivity index (χ3v) is 2.91. The largest absolute Gasteiger partial charge is 0.307 e. The summed E-state index contributed by atoms with van der Waals surface area (Å²) in [5.41, 5.74) is -1.26. The van der Waals surface area contributed by atoms with Gasteiger partial charge in [0.1, 0.15) is 11.4 Å². The van der Waals surface area contributed by atoms with Crippen molar-refractivity contribution in [2.24, 2.45) is 0 Å². The van der Waals surface area contributed by atoms with E-state index in [1.165, 1.54) is 19.2 Å². The molecule has 2 rings (SSSR count). The number of amides is 1. The average molecular weight is 302 g/mol. The lowest BCUT2D eigenvalue weighted by molar-refractivity contribution is -0.395. The smallest absolute Gasteiger partial charge is 0.279 e. The fraction of sp³-hybridized carbons (Fsp3) is 0.0769. The Labute approximate surface area is 123 Å². The van der Waals surface area contributed by atoms with Crippen LogP contribution in [-0.4, -0.2) is 20.7 Å². The quantitative estimate of drug-likeness (QED) is 0.682. The van der Waals surface area contributed by atoms with Crippen LogP contribution in [0.2, 0.25) is 0 Å². The summed E-state index contributed by atoms with van der Waals surface area (Å²) < 4.78 is 0. The SMILES string of the molecule is Cc1c([N+](=O)[O-])cc(C(=O)Nc2ccccn2)cc1[N+](=O)[O-]. The van der Waals surface area contributed by atoms with E-state index in [0.29, 0.717) is 0 Å². The van der Waals surface area contributed by atoms with E-state index < -0.39 is 27.1 Å². The Hall–Kier alpha value is -3.36. The minimum atomic E-state index is -0.764. The van der Waals surface area contributed by atoms with Crippen LogP contribution in [-0.2, 0) is 0 Å². The highest BCUT2D eigenvalue weighted by molar-refractivity contribution is 6.04. The van der Waals surface area contributed by atoms with E-state index in [-0.39, 0.29) is 16.9 Å². The number of pyridine rings is 1. The Morgan fingerprint density at radius 1 is 1.14 bits per heavy atom. The zero-order chi connectivity index (χ0) is 16.3. The Bertz CT molecular complexity index is 725. The predicted molar refractivity (Wildman–Crippen MR) is 76.7 cm³/mol. The maximum atomic E-state index is 12.1. The van der Waals surface area contributed by atoms with Gasteiger partial charge < -0.3 is 5.32 Å². The van der Waals surface area contributed by atoms with E-state index in [0.717, 1.165) is 12.1 Å². The highest BCUT2D eigenvalue weighted by atomic mass is 16.6. The second kappa shape index (κ2) is 5.95. The molecule has 112 valence electrons. The number of aromatic nitrogens is 1. The van der Waals surface area contributed by atoms with Gasteiger partial charge in [-0.15, -0.1) is 0 Å². The normalized spacial score (nSPS) is 10.0. The van der Waals surface area contributed by atoms with Crippen LogP contribution < -0.4 is 5.32 Å². The molecule has 1 aromatic heterocycles. The predicted octanol–water partition coefficient (Wildman–Crippen LogP) is 2.46. The highest BCUT2D eigenvalue weighted by Crippen LogP contribution is 2.29. The molecule has 9 nitrogen and oxygen atoms in total. The van der Waals surface area contributed by atoms with Crippen molar-refractivity contribution in [1.82, 2.24) is 4.98 Å². The van der Waals surface area contributed by atoms with Gasteiger partial charge in [-0.1, -0.05) is 6.07 Å². The van der Waals surface area contributed by atoms with E-state index in [2.05, 4.69) is 10.3 Å². The molecule has 0 aliphatic heterocycles. The zero-order valence-corrected chi connectivity index (χ0v) is 11.3. The molecule has 0 aliphatic rings. The van der Waals surface area contributed by atoms with Crippen molar-refractivity contribution in [3.8, 4) is 0 Å². The Morgan fingerprint density at radius 2 is 1.73 bits per heavy atom. The average Bonchev–Trinajstić information content (AvgIpc) is 2.47. The third kappa shape index (κ3) is 3.03. The van der Waals surface area contributed by atoms with Crippen molar-refractivity contribution in [2.45, 2.75) is 6.92 Å². The summed E-state index contributed by atoms with van der Waals surface area (Å²) in [5.74, 6) is -0.483. The molecule has 1 heterocycles. The molecule has 1 N–H and O–H groups in total. The number of anilines is 1. The van der Waals surface area contributed by atoms with E-state index in [4.69, 9.17) is 0 Å². The number of benzene rings is 1. The van der Waals surface area contributed by atoms with Crippen molar-refractivity contribution < 1.29 is 14.6 Å². The highest BCUT2D eigenvalue weighted by Gasteiger charge is 2.25. The molecule has 0 atom stereocenters. The number of rotatable bonds is 4. The number of nitro benzene ring substituents is 2. The molecular weight excluding hydrogens is 292 g/mol. The van der Waals surface area contributed by atoms with E-state index in [1.54, 1.807) is 12.1 Å². The Kier molecular flexibility index (Phi) is 4.07. The lowest BCUT2D eigenvalue weighted by Crippen LogP contribution is -2.14. The van der Waals surface area contributed by atoms with Crippen LogP contribution in [0.5, 0.6) is 0 Å². The first-order chi connectivity index (χ1) is 10.4. The number of nitrogens with zero attached hydrogens (tertiary/aromatic N) is 3. The van der Waals surface area contributed by atoms with Crippen molar-refractivity contribution in [3.63, 3.8) is 0 Å². The molecular formula is C13H10N4O5. The van der Waals surface area contributed by atoms with Gasteiger partial charge in [-0.25, -0.2) is 4.98 Å². The van der Waals surface area contributed by atoms with Gasteiger partial charge in [-0.05, 0) is 19.1 Å². The lowest BCUT2D eigenvalue weighted by Gasteiger charge is -2.06. The van der Waals surface area contributed by atoms with E-state index in [9.17, 15) is 25.0 Å². The molecule has 2 aromatic rings. The fourth-order valence-corrected chi connectivity index (χ4v) is 1.82. The van der Waals surface area contributed by atoms with Crippen molar-refractivity contribution in [1.29, 1.82) is 0 Å². The van der Waals surface area contributed by atoms with Crippen LogP contribution in [0.25, 0.3) is 0 Å². The second-order valence-electron chi connectivity index (χ2n) is 4.32. The van der Waals surface area contributed by atoms with Crippen LogP contribution in [0.1, 0.15) is 15.9 Å². The molecule has 0 bridgehead atoms. The molecule has 0 aliphatic carbocycles. The molecule has 0 unspecified atom stereocenters. The molecule has 0 fully saturated rings. The maximum Gasteiger partial charge on any atom is 0.279 e. The summed E-state index contributed by atoms with van der Waals surface area (Å²) in [6.07, 6.45) is 1.45. The Balaban J connectivity index is 2.44. The molecule has 0 saturated heterocycles. The first-order valence-electron chi connectivity index (χ1n) is 6.06. The minimum absolute atomic E-state index is 0.107. The lowest BCUT2D eigenvalue weighted by atomic mass is 10.1. The molecule has 0 spiro atoms. The number of hydrogen-bond acceptors (Lipinski definition) is 6. The standard InChI is InChI=1S/C13H10N4O5/c1-8-10(16(19)20)6-9(7-11(8)17(21)22)13(18)15-12-4-2-3-5-14-12/h2-7H,1H3,(H,14,15,18). The summed E-state index contributed by atoms with van der Waals surface area (Å²) in [7, 11) is 0. The first-order valence-corrected chi connectivity index (χ1v) is 6.06. The fourth-order valence-electron chi connectivity index (χ4n) is 1.82. The van der Waals surface area contributed by atoms with Gasteiger partial charge in [0.2, 0.25) is 0 Å². The summed E-state index contributed by atoms with van der Waals surface area (Å²) in [5, 5.41) is 24.4. The summed E-state index contributed by atoms with van der Waals surface area (Å²) in [6, 6.07) is 6.82. The number of hydrogen-bond donors (Lipinski definition) is 1. The molecule has 0 saturated carbocycles. The maximum absolute atomic E-state index is 12.1.